The maximum Gasteiger partial charge on any atom is 0.187 e. The highest BCUT2D eigenvalue weighted by molar-refractivity contribution is 5.45. The fourth-order valence-corrected chi connectivity index (χ4v) is 2.33. The second kappa shape index (κ2) is 4.91. The van der Waals surface area contributed by atoms with E-state index in [0.29, 0.717) is 5.56 Å². The molecule has 20 heavy (non-hydrogen) atoms. The van der Waals surface area contributed by atoms with Crippen LogP contribution in [0.5, 0.6) is 0 Å². The number of pyridine rings is 1. The van der Waals surface area contributed by atoms with Crippen molar-refractivity contribution in [2.24, 2.45) is 0 Å². The minimum atomic E-state index is -1.15. The van der Waals surface area contributed by atoms with Crippen LogP contribution in [0.15, 0.2) is 35.3 Å². The minimum absolute atomic E-state index is 0.128. The van der Waals surface area contributed by atoms with Crippen LogP contribution in [-0.2, 0) is 5.60 Å². The molecule has 0 aliphatic heterocycles. The maximum atomic E-state index is 12.0. The van der Waals surface area contributed by atoms with E-state index in [1.807, 2.05) is 25.3 Å². The van der Waals surface area contributed by atoms with E-state index in [-0.39, 0.29) is 5.43 Å². The van der Waals surface area contributed by atoms with Gasteiger partial charge in [-0.3, -0.25) is 4.79 Å². The van der Waals surface area contributed by atoms with Crippen LogP contribution in [0.25, 0.3) is 5.69 Å². The third kappa shape index (κ3) is 2.68. The summed E-state index contributed by atoms with van der Waals surface area (Å²) < 4.78 is 1.97. The van der Waals surface area contributed by atoms with Crippen molar-refractivity contribution < 1.29 is 5.11 Å². The predicted octanol–water partition coefficient (Wildman–Crippen LogP) is 2.99. The highest BCUT2D eigenvalue weighted by atomic mass is 16.3. The Labute approximate surface area is 119 Å². The van der Waals surface area contributed by atoms with Crippen LogP contribution in [0.2, 0.25) is 0 Å². The standard InChI is InChI=1S/C17H21NO2/c1-11-6-7-12(2)15(8-11)18-10-14(17(4,5)20)16(19)9-13(18)3/h6-10,20H,1-5H3. The summed E-state index contributed by atoms with van der Waals surface area (Å²) in [7, 11) is 0. The lowest BCUT2D eigenvalue weighted by Gasteiger charge is -2.21. The number of aliphatic hydroxyl groups is 1. The molecule has 0 radical (unpaired) electrons. The van der Waals surface area contributed by atoms with E-state index in [1.165, 1.54) is 0 Å². The van der Waals surface area contributed by atoms with E-state index in [1.54, 1.807) is 26.1 Å². The molecule has 0 aliphatic carbocycles. The number of hydrogen-bond acceptors (Lipinski definition) is 2. The molecule has 1 aromatic heterocycles. The summed E-state index contributed by atoms with van der Waals surface area (Å²) in [4.78, 5) is 12.0. The SMILES string of the molecule is Cc1ccc(C)c(-n2cc(C(C)(C)O)c(=O)cc2C)c1. The molecule has 3 heteroatoms. The molecular weight excluding hydrogens is 250 g/mol. The smallest absolute Gasteiger partial charge is 0.187 e. The molecule has 0 saturated heterocycles. The first-order valence-corrected chi connectivity index (χ1v) is 6.74. The Balaban J connectivity index is 2.75. The molecule has 2 aromatic rings. The lowest BCUT2D eigenvalue weighted by atomic mass is 9.99. The zero-order valence-corrected chi connectivity index (χ0v) is 12.7. The quantitative estimate of drug-likeness (QED) is 0.912. The van der Waals surface area contributed by atoms with Crippen LogP contribution in [0.3, 0.4) is 0 Å². The van der Waals surface area contributed by atoms with Crippen LogP contribution >= 0.6 is 0 Å². The summed E-state index contributed by atoms with van der Waals surface area (Å²) >= 11 is 0. The summed E-state index contributed by atoms with van der Waals surface area (Å²) in [6.07, 6.45) is 1.75. The molecule has 0 fully saturated rings. The van der Waals surface area contributed by atoms with Crippen molar-refractivity contribution in [3.63, 3.8) is 0 Å². The van der Waals surface area contributed by atoms with Gasteiger partial charge in [0.05, 0.1) is 5.60 Å². The summed E-state index contributed by atoms with van der Waals surface area (Å²) in [5, 5.41) is 10.1. The molecule has 0 bridgehead atoms. The molecule has 0 saturated carbocycles. The van der Waals surface area contributed by atoms with Crippen LogP contribution in [0.4, 0.5) is 0 Å². The van der Waals surface area contributed by atoms with Crippen molar-refractivity contribution in [2.75, 3.05) is 0 Å². The van der Waals surface area contributed by atoms with Crippen molar-refractivity contribution in [1.82, 2.24) is 4.57 Å². The summed E-state index contributed by atoms with van der Waals surface area (Å²) in [5.74, 6) is 0. The van der Waals surface area contributed by atoms with Gasteiger partial charge >= 0.3 is 0 Å². The number of benzene rings is 1. The molecule has 0 atom stereocenters. The molecule has 106 valence electrons. The molecule has 1 heterocycles. The molecule has 0 aliphatic rings. The highest BCUT2D eigenvalue weighted by Crippen LogP contribution is 2.21. The molecule has 2 rings (SSSR count). The van der Waals surface area contributed by atoms with E-state index >= 15 is 0 Å². The first-order chi connectivity index (χ1) is 9.20. The molecule has 1 aromatic carbocycles. The molecule has 0 amide bonds. The van der Waals surface area contributed by atoms with Gasteiger partial charge in [0.2, 0.25) is 0 Å². The maximum absolute atomic E-state index is 12.0. The second-order valence-electron chi connectivity index (χ2n) is 5.91. The van der Waals surface area contributed by atoms with Gasteiger partial charge in [0, 0.05) is 29.2 Å². The predicted molar refractivity (Wildman–Crippen MR) is 81.5 cm³/mol. The Hall–Kier alpha value is -1.87. The summed E-state index contributed by atoms with van der Waals surface area (Å²) in [5.41, 5.74) is 3.31. The zero-order valence-electron chi connectivity index (χ0n) is 12.7. The van der Waals surface area contributed by atoms with Crippen molar-refractivity contribution in [1.29, 1.82) is 0 Å². The van der Waals surface area contributed by atoms with Crippen molar-refractivity contribution in [3.8, 4) is 5.69 Å². The minimum Gasteiger partial charge on any atom is -0.386 e. The Kier molecular flexibility index (Phi) is 3.57. The number of nitrogens with zero attached hydrogens (tertiary/aromatic N) is 1. The average molecular weight is 271 g/mol. The van der Waals surface area contributed by atoms with Crippen molar-refractivity contribution in [3.05, 3.63) is 63.1 Å². The lowest BCUT2D eigenvalue weighted by Crippen LogP contribution is -2.27. The van der Waals surface area contributed by atoms with Crippen LogP contribution in [-0.4, -0.2) is 9.67 Å². The van der Waals surface area contributed by atoms with Gasteiger partial charge in [-0.15, -0.1) is 0 Å². The number of rotatable bonds is 2. The van der Waals surface area contributed by atoms with Gasteiger partial charge in [0.25, 0.3) is 0 Å². The lowest BCUT2D eigenvalue weighted by molar-refractivity contribution is 0.0769. The van der Waals surface area contributed by atoms with Crippen molar-refractivity contribution >= 4 is 0 Å². The first kappa shape index (κ1) is 14.5. The fraction of sp³-hybridized carbons (Fsp3) is 0.353. The van der Waals surface area contributed by atoms with Crippen LogP contribution < -0.4 is 5.43 Å². The third-order valence-corrected chi connectivity index (χ3v) is 3.53. The molecule has 0 spiro atoms. The van der Waals surface area contributed by atoms with Gasteiger partial charge in [-0.2, -0.15) is 0 Å². The Morgan fingerprint density at radius 3 is 2.35 bits per heavy atom. The van der Waals surface area contributed by atoms with E-state index in [9.17, 15) is 9.90 Å². The van der Waals surface area contributed by atoms with E-state index in [0.717, 1.165) is 22.5 Å². The normalized spacial score (nSPS) is 11.7. The van der Waals surface area contributed by atoms with E-state index < -0.39 is 5.60 Å². The summed E-state index contributed by atoms with van der Waals surface area (Å²) in [6, 6.07) is 7.79. The molecule has 1 N–H and O–H groups in total. The monoisotopic (exact) mass is 271 g/mol. The van der Waals surface area contributed by atoms with Gasteiger partial charge in [0.15, 0.2) is 5.43 Å². The number of aryl methyl sites for hydroxylation is 3. The fourth-order valence-electron chi connectivity index (χ4n) is 2.33. The van der Waals surface area contributed by atoms with Crippen LogP contribution in [0, 0.1) is 20.8 Å². The molecule has 3 nitrogen and oxygen atoms in total. The van der Waals surface area contributed by atoms with Gasteiger partial charge in [0.1, 0.15) is 0 Å². The average Bonchev–Trinajstić information content (AvgIpc) is 2.31. The van der Waals surface area contributed by atoms with Crippen LogP contribution in [0.1, 0.15) is 36.2 Å². The van der Waals surface area contributed by atoms with Gasteiger partial charge in [-0.25, -0.2) is 0 Å². The third-order valence-electron chi connectivity index (χ3n) is 3.53. The van der Waals surface area contributed by atoms with E-state index in [2.05, 4.69) is 18.2 Å². The highest BCUT2D eigenvalue weighted by Gasteiger charge is 2.21. The first-order valence-electron chi connectivity index (χ1n) is 6.74. The zero-order chi connectivity index (χ0) is 15.1. The number of hydrogen-bond donors (Lipinski definition) is 1. The second-order valence-corrected chi connectivity index (χ2v) is 5.91. The largest absolute Gasteiger partial charge is 0.386 e. The van der Waals surface area contributed by atoms with Gasteiger partial charge in [-0.1, -0.05) is 12.1 Å². The van der Waals surface area contributed by atoms with E-state index in [4.69, 9.17) is 0 Å². The molecule has 0 unspecified atom stereocenters. The molecular formula is C17H21NO2. The topological polar surface area (TPSA) is 42.2 Å². The Morgan fingerprint density at radius 1 is 1.10 bits per heavy atom. The van der Waals surface area contributed by atoms with Gasteiger partial charge < -0.3 is 9.67 Å². The van der Waals surface area contributed by atoms with Gasteiger partial charge in [-0.05, 0) is 51.8 Å². The Bertz CT molecular complexity index is 706. The number of aromatic nitrogens is 1. The van der Waals surface area contributed by atoms with Crippen molar-refractivity contribution in [2.45, 2.75) is 40.2 Å². The Morgan fingerprint density at radius 2 is 1.75 bits per heavy atom. The summed E-state index contributed by atoms with van der Waals surface area (Å²) in [6.45, 7) is 9.24.